The first-order valence-corrected chi connectivity index (χ1v) is 5.67. The highest BCUT2D eigenvalue weighted by Crippen LogP contribution is 2.33. The number of para-hydroxylation sites is 1. The van der Waals surface area contributed by atoms with Crippen molar-refractivity contribution in [2.24, 2.45) is 0 Å². The van der Waals surface area contributed by atoms with Crippen LogP contribution in [0.5, 0.6) is 5.75 Å². The molecule has 3 rings (SSSR count). The zero-order valence-electron chi connectivity index (χ0n) is 9.39. The van der Waals surface area contributed by atoms with Crippen LogP contribution in [0.3, 0.4) is 0 Å². The molecule has 1 aliphatic rings. The van der Waals surface area contributed by atoms with Gasteiger partial charge in [-0.1, -0.05) is 18.2 Å². The van der Waals surface area contributed by atoms with E-state index in [1.54, 1.807) is 0 Å². The number of rotatable bonds is 2. The van der Waals surface area contributed by atoms with Gasteiger partial charge in [0.15, 0.2) is 0 Å². The van der Waals surface area contributed by atoms with Gasteiger partial charge >= 0.3 is 0 Å². The van der Waals surface area contributed by atoms with Gasteiger partial charge in [-0.25, -0.2) is 0 Å². The van der Waals surface area contributed by atoms with E-state index in [9.17, 15) is 0 Å². The number of anilines is 2. The third-order valence-electron chi connectivity index (χ3n) is 2.95. The molecule has 0 radical (unpaired) electrons. The highest BCUT2D eigenvalue weighted by Gasteiger charge is 2.22. The minimum Gasteiger partial charge on any atom is -0.491 e. The van der Waals surface area contributed by atoms with Crippen LogP contribution in [0.25, 0.3) is 0 Å². The van der Waals surface area contributed by atoms with Crippen LogP contribution in [-0.2, 0) is 0 Å². The summed E-state index contributed by atoms with van der Waals surface area (Å²) in [7, 11) is 0. The van der Waals surface area contributed by atoms with Crippen LogP contribution >= 0.6 is 0 Å². The lowest BCUT2D eigenvalue weighted by atomic mass is 10.1. The van der Waals surface area contributed by atoms with Crippen molar-refractivity contribution in [3.8, 4) is 5.75 Å². The van der Waals surface area contributed by atoms with E-state index in [-0.39, 0.29) is 6.04 Å². The molecule has 0 saturated heterocycles. The molecule has 2 aromatic carbocycles. The highest BCUT2D eigenvalue weighted by atomic mass is 16.5. The molecule has 0 spiro atoms. The number of fused-ring (bicyclic) bond motifs is 1. The predicted molar refractivity (Wildman–Crippen MR) is 69.2 cm³/mol. The molecule has 0 fully saturated rings. The maximum Gasteiger partial charge on any atom is 0.124 e. The zero-order valence-corrected chi connectivity index (χ0v) is 9.39. The van der Waals surface area contributed by atoms with E-state index in [0.29, 0.717) is 6.61 Å². The molecule has 0 amide bonds. The van der Waals surface area contributed by atoms with Gasteiger partial charge in [0.1, 0.15) is 12.4 Å². The monoisotopic (exact) mass is 226 g/mol. The van der Waals surface area contributed by atoms with E-state index >= 15 is 0 Å². The summed E-state index contributed by atoms with van der Waals surface area (Å²) < 4.78 is 5.62. The number of hydrogen-bond donors (Lipinski definition) is 2. The summed E-state index contributed by atoms with van der Waals surface area (Å²) in [6.07, 6.45) is 0. The molecule has 1 aliphatic heterocycles. The summed E-state index contributed by atoms with van der Waals surface area (Å²) >= 11 is 0. The second kappa shape index (κ2) is 4.01. The normalized spacial score (nSPS) is 17.3. The Kier molecular flexibility index (Phi) is 2.37. The van der Waals surface area contributed by atoms with Crippen molar-refractivity contribution >= 4 is 11.4 Å². The molecule has 2 aromatic rings. The van der Waals surface area contributed by atoms with Crippen molar-refractivity contribution in [1.82, 2.24) is 0 Å². The van der Waals surface area contributed by atoms with Crippen molar-refractivity contribution in [1.29, 1.82) is 0 Å². The number of benzene rings is 2. The Morgan fingerprint density at radius 1 is 1.06 bits per heavy atom. The molecule has 1 heterocycles. The maximum absolute atomic E-state index is 5.66. The van der Waals surface area contributed by atoms with Crippen LogP contribution in [0.2, 0.25) is 0 Å². The average Bonchev–Trinajstić information content (AvgIpc) is 2.76. The minimum atomic E-state index is 0.217. The molecule has 3 N–H and O–H groups in total. The van der Waals surface area contributed by atoms with E-state index in [2.05, 4.69) is 11.4 Å². The number of nitrogen functional groups attached to an aromatic ring is 1. The molecule has 86 valence electrons. The van der Waals surface area contributed by atoms with E-state index < -0.39 is 0 Å². The summed E-state index contributed by atoms with van der Waals surface area (Å²) in [6, 6.07) is 16.1. The number of nitrogens with one attached hydrogen (secondary N) is 1. The second-order valence-electron chi connectivity index (χ2n) is 4.17. The van der Waals surface area contributed by atoms with Gasteiger partial charge in [0.2, 0.25) is 0 Å². The molecule has 3 heteroatoms. The highest BCUT2D eigenvalue weighted by molar-refractivity contribution is 5.54. The van der Waals surface area contributed by atoms with Gasteiger partial charge in [0.05, 0.1) is 6.04 Å². The summed E-state index contributed by atoms with van der Waals surface area (Å²) in [5.41, 5.74) is 8.71. The zero-order chi connectivity index (χ0) is 11.7. The summed E-state index contributed by atoms with van der Waals surface area (Å²) in [5.74, 6) is 0.973. The topological polar surface area (TPSA) is 47.3 Å². The van der Waals surface area contributed by atoms with E-state index in [1.165, 1.54) is 5.56 Å². The molecule has 0 saturated carbocycles. The van der Waals surface area contributed by atoms with Crippen molar-refractivity contribution in [2.75, 3.05) is 17.7 Å². The Bertz CT molecular complexity index is 522. The average molecular weight is 226 g/mol. The van der Waals surface area contributed by atoms with Gasteiger partial charge in [-0.2, -0.15) is 0 Å². The lowest BCUT2D eigenvalue weighted by molar-refractivity contribution is 0.340. The fourth-order valence-corrected chi connectivity index (χ4v) is 2.06. The van der Waals surface area contributed by atoms with Gasteiger partial charge in [0, 0.05) is 16.9 Å². The standard InChI is InChI=1S/C14H14N2O/c15-10-5-7-11(8-6-10)16-13-9-17-14-4-2-1-3-12(13)14/h1-8,13,16H,9,15H2. The van der Waals surface area contributed by atoms with Gasteiger partial charge in [-0.05, 0) is 30.3 Å². The summed E-state index contributed by atoms with van der Waals surface area (Å²) in [4.78, 5) is 0. The van der Waals surface area contributed by atoms with Crippen molar-refractivity contribution in [3.05, 3.63) is 54.1 Å². The summed E-state index contributed by atoms with van der Waals surface area (Å²) in [5, 5.41) is 3.44. The van der Waals surface area contributed by atoms with Gasteiger partial charge in [-0.3, -0.25) is 0 Å². The molecule has 3 nitrogen and oxygen atoms in total. The largest absolute Gasteiger partial charge is 0.491 e. The number of nitrogens with two attached hydrogens (primary N) is 1. The SMILES string of the molecule is Nc1ccc(NC2COc3ccccc32)cc1. The Labute approximate surface area is 100 Å². The lowest BCUT2D eigenvalue weighted by Gasteiger charge is -2.13. The van der Waals surface area contributed by atoms with E-state index in [0.717, 1.165) is 17.1 Å². The number of hydrogen-bond acceptors (Lipinski definition) is 3. The third-order valence-corrected chi connectivity index (χ3v) is 2.95. The first kappa shape index (κ1) is 10.0. The fourth-order valence-electron chi connectivity index (χ4n) is 2.06. The van der Waals surface area contributed by atoms with Crippen molar-refractivity contribution < 1.29 is 4.74 Å². The molecule has 1 atom stereocenters. The first-order chi connectivity index (χ1) is 8.33. The molecule has 0 aromatic heterocycles. The molecular formula is C14H14N2O. The third kappa shape index (κ3) is 1.91. The molecular weight excluding hydrogens is 212 g/mol. The van der Waals surface area contributed by atoms with Gasteiger partial charge in [-0.15, -0.1) is 0 Å². The Hall–Kier alpha value is -2.16. The van der Waals surface area contributed by atoms with Crippen LogP contribution < -0.4 is 15.8 Å². The first-order valence-electron chi connectivity index (χ1n) is 5.67. The van der Waals surface area contributed by atoms with E-state index in [1.807, 2.05) is 42.5 Å². The van der Waals surface area contributed by atoms with Crippen molar-refractivity contribution in [2.45, 2.75) is 6.04 Å². The van der Waals surface area contributed by atoms with Crippen LogP contribution in [0.15, 0.2) is 48.5 Å². The fraction of sp³-hybridized carbons (Fsp3) is 0.143. The van der Waals surface area contributed by atoms with E-state index in [4.69, 9.17) is 10.5 Å². The lowest BCUT2D eigenvalue weighted by Crippen LogP contribution is -2.11. The smallest absolute Gasteiger partial charge is 0.124 e. The van der Waals surface area contributed by atoms with Crippen LogP contribution in [0, 0.1) is 0 Å². The Balaban J connectivity index is 1.81. The van der Waals surface area contributed by atoms with Crippen LogP contribution in [0.1, 0.15) is 11.6 Å². The minimum absolute atomic E-state index is 0.217. The molecule has 0 bridgehead atoms. The number of ether oxygens (including phenoxy) is 1. The second-order valence-corrected chi connectivity index (χ2v) is 4.17. The summed E-state index contributed by atoms with van der Waals surface area (Å²) in [6.45, 7) is 0.670. The maximum atomic E-state index is 5.66. The Morgan fingerprint density at radius 2 is 1.82 bits per heavy atom. The molecule has 1 unspecified atom stereocenters. The van der Waals surface area contributed by atoms with Gasteiger partial charge < -0.3 is 15.8 Å². The molecule has 17 heavy (non-hydrogen) atoms. The van der Waals surface area contributed by atoms with Gasteiger partial charge in [0.25, 0.3) is 0 Å². The quantitative estimate of drug-likeness (QED) is 0.774. The van der Waals surface area contributed by atoms with Crippen LogP contribution in [-0.4, -0.2) is 6.61 Å². The Morgan fingerprint density at radius 3 is 2.65 bits per heavy atom. The predicted octanol–water partition coefficient (Wildman–Crippen LogP) is 2.81. The van der Waals surface area contributed by atoms with Crippen LogP contribution in [0.4, 0.5) is 11.4 Å². The molecule has 0 aliphatic carbocycles. The van der Waals surface area contributed by atoms with Crippen molar-refractivity contribution in [3.63, 3.8) is 0 Å².